The first-order chi connectivity index (χ1) is 36.6. The Morgan fingerprint density at radius 3 is 1.11 bits per heavy atom. The van der Waals surface area contributed by atoms with E-state index in [4.69, 9.17) is 15.7 Å². The minimum Gasteiger partial charge on any atom is -0.385 e. The molecule has 0 unspecified atom stereocenters. The van der Waals surface area contributed by atoms with Crippen molar-refractivity contribution in [1.82, 2.24) is 19.1 Å². The predicted molar refractivity (Wildman–Crippen MR) is 310 cm³/mol. The number of hydrogen-bond donors (Lipinski definition) is 1. The summed E-state index contributed by atoms with van der Waals surface area (Å²) < 4.78 is 4.63. The number of nitrogens with two attached hydrogens (primary N) is 1. The van der Waals surface area contributed by atoms with Crippen LogP contribution in [0.3, 0.4) is 0 Å². The van der Waals surface area contributed by atoms with Gasteiger partial charge < -0.3 is 10.3 Å². The molecule has 0 saturated heterocycles. The van der Waals surface area contributed by atoms with Crippen molar-refractivity contribution in [2.75, 3.05) is 0 Å². The quantitative estimate of drug-likeness (QED) is 0.131. The number of allylic oxidation sites excluding steroid dienone is 3. The van der Waals surface area contributed by atoms with Crippen LogP contribution in [0.25, 0.3) is 122 Å². The van der Waals surface area contributed by atoms with Crippen LogP contribution in [0.2, 0.25) is 0 Å². The highest BCUT2D eigenvalue weighted by atomic mass is 15.1. The lowest BCUT2D eigenvalue weighted by molar-refractivity contribution is 0.900. The van der Waals surface area contributed by atoms with Gasteiger partial charge in [0.1, 0.15) is 5.82 Å². The van der Waals surface area contributed by atoms with Gasteiger partial charge in [-0.15, -0.1) is 0 Å². The summed E-state index contributed by atoms with van der Waals surface area (Å²) in [5.74, 6) is 1.21. The Balaban J connectivity index is 1.03. The average molecular weight is 948 g/mol. The number of fused-ring (bicyclic) bond motifs is 6. The highest BCUT2D eigenvalue weighted by Crippen LogP contribution is 2.39. The van der Waals surface area contributed by atoms with Gasteiger partial charge in [0.2, 0.25) is 0 Å². The molecule has 350 valence electrons. The van der Waals surface area contributed by atoms with Crippen LogP contribution in [0.15, 0.2) is 273 Å². The van der Waals surface area contributed by atoms with E-state index in [1.54, 1.807) is 0 Å². The van der Waals surface area contributed by atoms with Crippen LogP contribution in [0, 0.1) is 0 Å². The first-order valence-corrected chi connectivity index (χ1v) is 25.1. The molecule has 0 bridgehead atoms. The summed E-state index contributed by atoms with van der Waals surface area (Å²) in [5, 5.41) is 4.63. The standard InChI is InChI=1S/C69H49N5/c70-68(74-66-37-33-55(49-23-11-3-12-24-49)43-60(66)61-44-56(34-38-67(61)74)50-25-13-4-14-26-50)45-57(63-46-62(51-27-15-5-16-28-51)71-69(72-63)52-29-17-6-18-30-52)39-40-73-64-35-31-53(47-19-7-1-8-20-47)41-58(64)59-42-54(32-36-65(59)73)48-21-9-2-10-22-48/h1-39,41-46H,40,70H2/b57-39+,68-45+. The number of nitrogens with zero attached hydrogens (tertiary/aromatic N) is 4. The SMILES string of the molecule is N/C(=C\C(=C/Cn1c2ccc(-c3ccccc3)cc2c2cc(-c3ccccc3)ccc21)c1cc(-c2ccccc2)nc(-c2ccccc2)n1)n1c2ccc(-c3ccccc3)cc2c2cc(-c3ccccc3)ccc21. The van der Waals surface area contributed by atoms with Crippen LogP contribution < -0.4 is 5.73 Å². The van der Waals surface area contributed by atoms with E-state index in [0.717, 1.165) is 83.2 Å². The molecule has 0 fully saturated rings. The third kappa shape index (κ3) is 8.32. The minimum absolute atomic E-state index is 0.536. The number of hydrogen-bond acceptors (Lipinski definition) is 3. The normalized spacial score (nSPS) is 12.1. The van der Waals surface area contributed by atoms with Crippen LogP contribution in [-0.4, -0.2) is 19.1 Å². The molecule has 0 saturated carbocycles. The summed E-state index contributed by atoms with van der Waals surface area (Å²) in [7, 11) is 0. The first-order valence-electron chi connectivity index (χ1n) is 25.1. The summed E-state index contributed by atoms with van der Waals surface area (Å²) in [6, 6.07) is 92.2. The molecule has 13 aromatic rings. The van der Waals surface area contributed by atoms with Crippen molar-refractivity contribution in [3.8, 4) is 67.2 Å². The zero-order chi connectivity index (χ0) is 49.4. The van der Waals surface area contributed by atoms with Crippen LogP contribution in [-0.2, 0) is 6.54 Å². The van der Waals surface area contributed by atoms with Crippen LogP contribution in [0.5, 0.6) is 0 Å². The predicted octanol–water partition coefficient (Wildman–Crippen LogP) is 17.2. The van der Waals surface area contributed by atoms with E-state index in [9.17, 15) is 0 Å². The molecule has 74 heavy (non-hydrogen) atoms. The third-order valence-electron chi connectivity index (χ3n) is 14.2. The van der Waals surface area contributed by atoms with Crippen LogP contribution >= 0.6 is 0 Å². The van der Waals surface area contributed by atoms with Crippen LogP contribution in [0.4, 0.5) is 0 Å². The van der Waals surface area contributed by atoms with E-state index >= 15 is 0 Å². The van der Waals surface area contributed by atoms with Crippen molar-refractivity contribution in [1.29, 1.82) is 0 Å². The minimum atomic E-state index is 0.536. The molecule has 10 aromatic carbocycles. The second kappa shape index (κ2) is 19.1. The van der Waals surface area contributed by atoms with Gasteiger partial charge in [-0.25, -0.2) is 9.97 Å². The highest BCUT2D eigenvalue weighted by molar-refractivity contribution is 6.13. The van der Waals surface area contributed by atoms with E-state index < -0.39 is 0 Å². The van der Waals surface area contributed by atoms with E-state index in [1.807, 2.05) is 24.3 Å². The van der Waals surface area contributed by atoms with Crippen molar-refractivity contribution in [2.24, 2.45) is 5.73 Å². The van der Waals surface area contributed by atoms with E-state index in [1.165, 1.54) is 33.0 Å². The van der Waals surface area contributed by atoms with Crippen molar-refractivity contribution >= 4 is 55.0 Å². The van der Waals surface area contributed by atoms with E-state index in [0.29, 0.717) is 18.2 Å². The summed E-state index contributed by atoms with van der Waals surface area (Å²) in [6.07, 6.45) is 4.39. The molecule has 0 spiro atoms. The lowest BCUT2D eigenvalue weighted by atomic mass is 10.0. The molecular formula is C69H49N5. The van der Waals surface area contributed by atoms with Gasteiger partial charge in [0.15, 0.2) is 5.82 Å². The van der Waals surface area contributed by atoms with Gasteiger partial charge in [-0.2, -0.15) is 0 Å². The molecule has 0 aliphatic rings. The van der Waals surface area contributed by atoms with E-state index in [-0.39, 0.29) is 0 Å². The lowest BCUT2D eigenvalue weighted by Gasteiger charge is -2.14. The summed E-state index contributed by atoms with van der Waals surface area (Å²) in [6.45, 7) is 0.536. The van der Waals surface area contributed by atoms with Crippen molar-refractivity contribution in [3.05, 3.63) is 279 Å². The van der Waals surface area contributed by atoms with Gasteiger partial charge in [-0.05, 0) is 105 Å². The Kier molecular flexibility index (Phi) is 11.4. The van der Waals surface area contributed by atoms with E-state index in [2.05, 4.69) is 258 Å². The second-order valence-corrected chi connectivity index (χ2v) is 18.8. The van der Waals surface area contributed by atoms with Gasteiger partial charge in [-0.3, -0.25) is 4.57 Å². The Labute approximate surface area is 430 Å². The molecule has 3 aromatic heterocycles. The molecule has 13 rings (SSSR count). The molecule has 5 nitrogen and oxygen atoms in total. The Bertz CT molecular complexity index is 3980. The molecule has 0 amide bonds. The molecule has 0 aliphatic carbocycles. The summed E-state index contributed by atoms with van der Waals surface area (Å²) in [4.78, 5) is 10.6. The first kappa shape index (κ1) is 44.1. The average Bonchev–Trinajstić information content (AvgIpc) is 3.98. The van der Waals surface area contributed by atoms with Gasteiger partial charge in [0.05, 0.1) is 22.4 Å². The number of rotatable bonds is 11. The number of benzene rings is 10. The van der Waals surface area contributed by atoms with Gasteiger partial charge >= 0.3 is 0 Å². The van der Waals surface area contributed by atoms with Gasteiger partial charge in [-0.1, -0.05) is 212 Å². The molecular weight excluding hydrogens is 899 g/mol. The second-order valence-electron chi connectivity index (χ2n) is 18.8. The smallest absolute Gasteiger partial charge is 0.160 e. The Morgan fingerprint density at radius 2 is 0.703 bits per heavy atom. The zero-order valence-electron chi connectivity index (χ0n) is 40.6. The molecule has 5 heteroatoms. The van der Waals surface area contributed by atoms with Gasteiger partial charge in [0, 0.05) is 55.8 Å². The topological polar surface area (TPSA) is 61.7 Å². The lowest BCUT2D eigenvalue weighted by Crippen LogP contribution is -2.07. The molecule has 2 N–H and O–H groups in total. The van der Waals surface area contributed by atoms with Crippen LogP contribution in [0.1, 0.15) is 5.69 Å². The third-order valence-corrected chi connectivity index (χ3v) is 14.2. The summed E-state index contributed by atoms with van der Waals surface area (Å²) >= 11 is 0. The maximum Gasteiger partial charge on any atom is 0.160 e. The van der Waals surface area contributed by atoms with Crippen molar-refractivity contribution in [2.45, 2.75) is 6.54 Å². The molecule has 3 heterocycles. The van der Waals surface area contributed by atoms with Crippen molar-refractivity contribution < 1.29 is 0 Å². The number of aromatic nitrogens is 4. The molecule has 0 radical (unpaired) electrons. The fourth-order valence-electron chi connectivity index (χ4n) is 10.6. The highest BCUT2D eigenvalue weighted by Gasteiger charge is 2.19. The largest absolute Gasteiger partial charge is 0.385 e. The summed E-state index contributed by atoms with van der Waals surface area (Å²) in [5.41, 5.74) is 25.6. The van der Waals surface area contributed by atoms with Gasteiger partial charge in [0.25, 0.3) is 0 Å². The monoisotopic (exact) mass is 947 g/mol. The molecule has 0 atom stereocenters. The Hall–Kier alpha value is -9.84. The maximum atomic E-state index is 7.61. The van der Waals surface area contributed by atoms with Crippen molar-refractivity contribution in [3.63, 3.8) is 0 Å². The maximum absolute atomic E-state index is 7.61. The molecule has 0 aliphatic heterocycles. The Morgan fingerprint density at radius 1 is 0.351 bits per heavy atom. The fraction of sp³-hybridized carbons (Fsp3) is 0.0145. The zero-order valence-corrected chi connectivity index (χ0v) is 40.6. The fourth-order valence-corrected chi connectivity index (χ4v) is 10.6.